The maximum atomic E-state index is 10.8. The lowest BCUT2D eigenvalue weighted by atomic mass is 10.2. The molecule has 2 aromatic rings. The first-order valence-electron chi connectivity index (χ1n) is 5.70. The fourth-order valence-electron chi connectivity index (χ4n) is 1.66. The van der Waals surface area contributed by atoms with Crippen molar-refractivity contribution in [3.63, 3.8) is 0 Å². The number of non-ortho nitro benzene ring substituents is 1. The van der Waals surface area contributed by atoms with E-state index in [9.17, 15) is 10.1 Å². The molecule has 2 rings (SSSR count). The van der Waals surface area contributed by atoms with Crippen molar-refractivity contribution < 1.29 is 14.4 Å². The second-order valence-corrected chi connectivity index (χ2v) is 3.90. The molecule has 0 aliphatic rings. The summed E-state index contributed by atoms with van der Waals surface area (Å²) in [6.45, 7) is 0.254. The van der Waals surface area contributed by atoms with Gasteiger partial charge in [0, 0.05) is 24.8 Å². The average Bonchev–Trinajstić information content (AvgIpc) is 2.42. The van der Waals surface area contributed by atoms with Gasteiger partial charge in [-0.3, -0.25) is 10.1 Å². The van der Waals surface area contributed by atoms with Crippen LogP contribution in [0.25, 0.3) is 0 Å². The summed E-state index contributed by atoms with van der Waals surface area (Å²) >= 11 is 0. The smallest absolute Gasteiger partial charge is 0.270 e. The van der Waals surface area contributed by atoms with E-state index < -0.39 is 4.92 Å². The number of para-hydroxylation sites is 1. The molecule has 5 heteroatoms. The molecular formula is C14H13NO4. The summed E-state index contributed by atoms with van der Waals surface area (Å²) in [5.41, 5.74) is 0.660. The summed E-state index contributed by atoms with van der Waals surface area (Å²) in [4.78, 5) is 10.3. The SMILES string of the molecule is COCc1cc([N+](=O)[O-])ccc1Oc1ccccc1. The lowest BCUT2D eigenvalue weighted by molar-refractivity contribution is -0.385. The maximum Gasteiger partial charge on any atom is 0.270 e. The van der Waals surface area contributed by atoms with Crippen LogP contribution in [0.15, 0.2) is 48.5 Å². The summed E-state index contributed by atoms with van der Waals surface area (Å²) in [5.74, 6) is 1.23. The second kappa shape index (κ2) is 5.97. The Morgan fingerprint density at radius 3 is 2.53 bits per heavy atom. The normalized spacial score (nSPS) is 10.2. The van der Waals surface area contributed by atoms with Gasteiger partial charge in [0.1, 0.15) is 11.5 Å². The maximum absolute atomic E-state index is 10.8. The Kier molecular flexibility index (Phi) is 4.10. The average molecular weight is 259 g/mol. The van der Waals surface area contributed by atoms with Crippen LogP contribution < -0.4 is 4.74 Å². The van der Waals surface area contributed by atoms with Gasteiger partial charge in [0.05, 0.1) is 11.5 Å². The van der Waals surface area contributed by atoms with E-state index >= 15 is 0 Å². The van der Waals surface area contributed by atoms with Crippen LogP contribution in [0.2, 0.25) is 0 Å². The van der Waals surface area contributed by atoms with Crippen LogP contribution in [0.5, 0.6) is 11.5 Å². The van der Waals surface area contributed by atoms with Crippen molar-refractivity contribution in [1.82, 2.24) is 0 Å². The van der Waals surface area contributed by atoms with Crippen LogP contribution in [-0.2, 0) is 11.3 Å². The van der Waals surface area contributed by atoms with Crippen molar-refractivity contribution in [1.29, 1.82) is 0 Å². The third-order valence-electron chi connectivity index (χ3n) is 2.53. The van der Waals surface area contributed by atoms with Gasteiger partial charge >= 0.3 is 0 Å². The molecule has 19 heavy (non-hydrogen) atoms. The van der Waals surface area contributed by atoms with Gasteiger partial charge in [-0.25, -0.2) is 0 Å². The van der Waals surface area contributed by atoms with Gasteiger partial charge in [-0.15, -0.1) is 0 Å². The van der Waals surface area contributed by atoms with E-state index in [0.29, 0.717) is 17.1 Å². The molecule has 0 fully saturated rings. The number of nitro groups is 1. The lowest BCUT2D eigenvalue weighted by Gasteiger charge is -2.10. The van der Waals surface area contributed by atoms with E-state index in [0.717, 1.165) is 0 Å². The third kappa shape index (κ3) is 3.29. The van der Waals surface area contributed by atoms with Crippen LogP contribution in [-0.4, -0.2) is 12.0 Å². The van der Waals surface area contributed by atoms with Crippen molar-refractivity contribution in [2.45, 2.75) is 6.61 Å². The Hall–Kier alpha value is -2.40. The van der Waals surface area contributed by atoms with Crippen molar-refractivity contribution in [2.75, 3.05) is 7.11 Å². The molecule has 0 spiro atoms. The molecule has 0 radical (unpaired) electrons. The molecule has 0 aliphatic carbocycles. The molecule has 0 N–H and O–H groups in total. The summed E-state index contributed by atoms with van der Waals surface area (Å²) in [7, 11) is 1.53. The molecule has 0 saturated heterocycles. The van der Waals surface area contributed by atoms with Crippen molar-refractivity contribution in [2.24, 2.45) is 0 Å². The largest absolute Gasteiger partial charge is 0.457 e. The first-order valence-corrected chi connectivity index (χ1v) is 5.70. The number of rotatable bonds is 5. The highest BCUT2D eigenvalue weighted by molar-refractivity contribution is 5.45. The predicted molar refractivity (Wildman–Crippen MR) is 70.3 cm³/mol. The van der Waals surface area contributed by atoms with E-state index in [4.69, 9.17) is 9.47 Å². The quantitative estimate of drug-likeness (QED) is 0.608. The monoisotopic (exact) mass is 259 g/mol. The Labute approximate surface area is 110 Å². The Bertz CT molecular complexity index is 569. The van der Waals surface area contributed by atoms with Gasteiger partial charge in [-0.05, 0) is 18.2 Å². The number of benzene rings is 2. The molecule has 0 amide bonds. The number of ether oxygens (including phenoxy) is 2. The highest BCUT2D eigenvalue weighted by Crippen LogP contribution is 2.29. The van der Waals surface area contributed by atoms with Crippen LogP contribution in [0.3, 0.4) is 0 Å². The number of hydrogen-bond acceptors (Lipinski definition) is 4. The Morgan fingerprint density at radius 1 is 1.16 bits per heavy atom. The van der Waals surface area contributed by atoms with Crippen molar-refractivity contribution >= 4 is 5.69 Å². The van der Waals surface area contributed by atoms with Gasteiger partial charge in [0.25, 0.3) is 5.69 Å². The standard InChI is InChI=1S/C14H13NO4/c1-18-10-11-9-12(15(16)17)7-8-14(11)19-13-5-3-2-4-6-13/h2-9H,10H2,1H3. The highest BCUT2D eigenvalue weighted by atomic mass is 16.6. The van der Waals surface area contributed by atoms with Crippen LogP contribution >= 0.6 is 0 Å². The fourth-order valence-corrected chi connectivity index (χ4v) is 1.66. The van der Waals surface area contributed by atoms with Gasteiger partial charge in [-0.2, -0.15) is 0 Å². The molecule has 0 bridgehead atoms. The zero-order valence-corrected chi connectivity index (χ0v) is 10.4. The summed E-state index contributed by atoms with van der Waals surface area (Å²) < 4.78 is 10.7. The van der Waals surface area contributed by atoms with Gasteiger partial charge in [0.2, 0.25) is 0 Å². The Balaban J connectivity index is 2.31. The van der Waals surface area contributed by atoms with Crippen molar-refractivity contribution in [3.05, 3.63) is 64.2 Å². The minimum absolute atomic E-state index is 0.0208. The number of nitrogens with zero attached hydrogens (tertiary/aromatic N) is 1. The van der Waals surface area contributed by atoms with Gasteiger partial charge in [-0.1, -0.05) is 18.2 Å². The lowest BCUT2D eigenvalue weighted by Crippen LogP contribution is -1.96. The van der Waals surface area contributed by atoms with E-state index in [-0.39, 0.29) is 12.3 Å². The molecule has 0 aliphatic heterocycles. The molecular weight excluding hydrogens is 246 g/mol. The minimum atomic E-state index is -0.439. The summed E-state index contributed by atoms with van der Waals surface area (Å²) in [5, 5.41) is 10.8. The molecule has 98 valence electrons. The molecule has 0 saturated carbocycles. The topological polar surface area (TPSA) is 61.6 Å². The fraction of sp³-hybridized carbons (Fsp3) is 0.143. The minimum Gasteiger partial charge on any atom is -0.457 e. The zero-order chi connectivity index (χ0) is 13.7. The highest BCUT2D eigenvalue weighted by Gasteiger charge is 2.12. The molecule has 0 unspecified atom stereocenters. The first-order chi connectivity index (χ1) is 9.20. The molecule has 0 atom stereocenters. The van der Waals surface area contributed by atoms with E-state index in [1.54, 1.807) is 6.07 Å². The van der Waals surface area contributed by atoms with Crippen LogP contribution in [0.1, 0.15) is 5.56 Å². The Morgan fingerprint density at radius 2 is 1.89 bits per heavy atom. The number of nitro benzene ring substituents is 1. The van der Waals surface area contributed by atoms with E-state index in [2.05, 4.69) is 0 Å². The van der Waals surface area contributed by atoms with Crippen molar-refractivity contribution in [3.8, 4) is 11.5 Å². The molecule has 0 heterocycles. The number of hydrogen-bond donors (Lipinski definition) is 0. The zero-order valence-electron chi connectivity index (χ0n) is 10.4. The number of methoxy groups -OCH3 is 1. The summed E-state index contributed by atoms with van der Waals surface area (Å²) in [6, 6.07) is 13.7. The predicted octanol–water partition coefficient (Wildman–Crippen LogP) is 3.53. The van der Waals surface area contributed by atoms with Gasteiger partial charge < -0.3 is 9.47 Å². The van der Waals surface area contributed by atoms with Gasteiger partial charge in [0.15, 0.2) is 0 Å². The first kappa shape index (κ1) is 13.0. The second-order valence-electron chi connectivity index (χ2n) is 3.90. The molecule has 0 aromatic heterocycles. The third-order valence-corrected chi connectivity index (χ3v) is 2.53. The van der Waals surface area contributed by atoms with E-state index in [1.807, 2.05) is 30.3 Å². The van der Waals surface area contributed by atoms with Crippen LogP contribution in [0.4, 0.5) is 5.69 Å². The van der Waals surface area contributed by atoms with E-state index in [1.165, 1.54) is 19.2 Å². The molecule has 5 nitrogen and oxygen atoms in total. The van der Waals surface area contributed by atoms with Crippen LogP contribution in [0, 0.1) is 10.1 Å². The molecule has 2 aromatic carbocycles. The summed E-state index contributed by atoms with van der Waals surface area (Å²) in [6.07, 6.45) is 0.